The van der Waals surface area contributed by atoms with E-state index in [-0.39, 0.29) is 0 Å². The molecule has 3 nitrogen and oxygen atoms in total. The van der Waals surface area contributed by atoms with Crippen molar-refractivity contribution in [2.24, 2.45) is 0 Å². The first kappa shape index (κ1) is 8.84. The second-order valence-electron chi connectivity index (χ2n) is 1.40. The first-order valence-electron chi connectivity index (χ1n) is 2.47. The van der Waals surface area contributed by atoms with Crippen LogP contribution < -0.4 is 0 Å². The van der Waals surface area contributed by atoms with Gasteiger partial charge in [0.05, 0.1) is 0 Å². The second kappa shape index (κ2) is 5.97. The number of benzene rings is 1. The van der Waals surface area contributed by atoms with Crippen LogP contribution in [0.4, 0.5) is 0 Å². The third-order valence-electron chi connectivity index (χ3n) is 0.756. The van der Waals surface area contributed by atoms with Gasteiger partial charge in [-0.2, -0.15) is 8.42 Å². The van der Waals surface area contributed by atoms with Gasteiger partial charge in [0.2, 0.25) is 0 Å². The Kier molecular flexibility index (Phi) is 5.28. The molecule has 0 unspecified atom stereocenters. The molecule has 1 aromatic rings. The fourth-order valence-corrected chi connectivity index (χ4v) is 0.428. The Morgan fingerprint density at radius 2 is 1.50 bits per heavy atom. The Bertz CT molecular complexity index is 203. The third-order valence-corrected chi connectivity index (χ3v) is 0.756. The van der Waals surface area contributed by atoms with Crippen LogP contribution in [0.5, 0.6) is 5.75 Å². The predicted octanol–water partition coefficient (Wildman–Crippen LogP) is 0.722. The molecule has 0 amide bonds. The number of phenolic OH excluding ortho intramolecular Hbond substituents is 1. The Morgan fingerprint density at radius 1 is 1.10 bits per heavy atom. The zero-order valence-electron chi connectivity index (χ0n) is 5.06. The maximum Gasteiger partial charge on any atom is 0.335 e. The Labute approximate surface area is 61.9 Å². The molecule has 0 heterocycles. The first-order valence-corrected chi connectivity index (χ1v) is 3.13. The van der Waals surface area contributed by atoms with Crippen molar-refractivity contribution in [1.82, 2.24) is 0 Å². The molecule has 1 rings (SSSR count). The van der Waals surface area contributed by atoms with E-state index in [0.29, 0.717) is 5.75 Å². The molecular formula is C6H6O3S. The lowest BCUT2D eigenvalue weighted by Crippen LogP contribution is -1.56. The van der Waals surface area contributed by atoms with Gasteiger partial charge in [0.1, 0.15) is 5.75 Å². The number of aromatic hydroxyl groups is 1. The van der Waals surface area contributed by atoms with Gasteiger partial charge in [-0.1, -0.05) is 18.2 Å². The first-order chi connectivity index (χ1) is 4.81. The molecule has 0 aliphatic heterocycles. The summed E-state index contributed by atoms with van der Waals surface area (Å²) in [5, 5.41) is 8.63. The van der Waals surface area contributed by atoms with E-state index in [9.17, 15) is 0 Å². The minimum absolute atomic E-state index is 0.322. The van der Waals surface area contributed by atoms with Crippen LogP contribution in [0.15, 0.2) is 30.3 Å². The smallest absolute Gasteiger partial charge is 0.335 e. The van der Waals surface area contributed by atoms with Gasteiger partial charge in [0.25, 0.3) is 0 Å². The Morgan fingerprint density at radius 3 is 1.70 bits per heavy atom. The van der Waals surface area contributed by atoms with Gasteiger partial charge in [0.15, 0.2) is 0 Å². The summed E-state index contributed by atoms with van der Waals surface area (Å²) < 4.78 is 16.6. The normalized spacial score (nSPS) is 7.20. The molecule has 1 aromatic carbocycles. The highest BCUT2D eigenvalue weighted by atomic mass is 32.1. The minimum atomic E-state index is -0.750. The number of rotatable bonds is 0. The summed E-state index contributed by atoms with van der Waals surface area (Å²) in [5.41, 5.74) is 0. The molecule has 0 fully saturated rings. The average Bonchev–Trinajstić information content (AvgIpc) is 1.91. The molecule has 0 radical (unpaired) electrons. The SMILES string of the molecule is O=S=O.Oc1ccccc1. The van der Waals surface area contributed by atoms with Gasteiger partial charge in [-0.15, -0.1) is 0 Å². The molecule has 0 aromatic heterocycles. The van der Waals surface area contributed by atoms with Crippen molar-refractivity contribution in [3.05, 3.63) is 30.3 Å². The van der Waals surface area contributed by atoms with E-state index in [2.05, 4.69) is 0 Å². The molecule has 0 bridgehead atoms. The summed E-state index contributed by atoms with van der Waals surface area (Å²) in [6.45, 7) is 0. The van der Waals surface area contributed by atoms with Crippen molar-refractivity contribution in [2.45, 2.75) is 0 Å². The lowest BCUT2D eigenvalue weighted by molar-refractivity contribution is 0.475. The number of hydrogen-bond donors (Lipinski definition) is 1. The Hall–Kier alpha value is -1.16. The van der Waals surface area contributed by atoms with Crippen LogP contribution in [0, 0.1) is 0 Å². The van der Waals surface area contributed by atoms with Gasteiger partial charge in [-0.05, 0) is 12.1 Å². The van der Waals surface area contributed by atoms with Gasteiger partial charge in [-0.25, -0.2) is 0 Å². The standard InChI is InChI=1S/C6H6O.O2S/c7-6-4-2-1-3-5-6;1-3-2/h1-5,7H;. The predicted molar refractivity (Wildman–Crippen MR) is 37.0 cm³/mol. The third kappa shape index (κ3) is 4.99. The van der Waals surface area contributed by atoms with Crippen molar-refractivity contribution in [2.75, 3.05) is 0 Å². The van der Waals surface area contributed by atoms with Crippen molar-refractivity contribution < 1.29 is 13.5 Å². The van der Waals surface area contributed by atoms with Crippen LogP contribution in [-0.4, -0.2) is 13.5 Å². The van der Waals surface area contributed by atoms with E-state index in [1.54, 1.807) is 24.3 Å². The second-order valence-corrected chi connectivity index (χ2v) is 1.54. The lowest BCUT2D eigenvalue weighted by Gasteiger charge is -1.82. The molecule has 0 atom stereocenters. The van der Waals surface area contributed by atoms with Crippen LogP contribution in [0.3, 0.4) is 0 Å². The summed E-state index contributed by atoms with van der Waals surface area (Å²) in [4.78, 5) is 0. The van der Waals surface area contributed by atoms with E-state index in [1.807, 2.05) is 6.07 Å². The number of para-hydroxylation sites is 1. The van der Waals surface area contributed by atoms with Crippen molar-refractivity contribution in [1.29, 1.82) is 0 Å². The van der Waals surface area contributed by atoms with Crippen LogP contribution in [0.2, 0.25) is 0 Å². The molecule has 0 aliphatic carbocycles. The van der Waals surface area contributed by atoms with E-state index in [0.717, 1.165) is 0 Å². The molecule has 54 valence electrons. The van der Waals surface area contributed by atoms with Gasteiger partial charge in [-0.3, -0.25) is 0 Å². The summed E-state index contributed by atoms with van der Waals surface area (Å²) in [7, 11) is 0. The maximum absolute atomic E-state index is 8.63. The minimum Gasteiger partial charge on any atom is -0.508 e. The zero-order valence-corrected chi connectivity index (χ0v) is 5.88. The highest BCUT2D eigenvalue weighted by molar-refractivity contribution is 7.51. The maximum atomic E-state index is 8.63. The molecule has 1 N–H and O–H groups in total. The largest absolute Gasteiger partial charge is 0.508 e. The molecule has 0 aliphatic rings. The van der Waals surface area contributed by atoms with Crippen molar-refractivity contribution in [3.63, 3.8) is 0 Å². The topological polar surface area (TPSA) is 54.4 Å². The highest BCUT2D eigenvalue weighted by Gasteiger charge is 1.74. The molecule has 0 spiro atoms. The van der Waals surface area contributed by atoms with Crippen molar-refractivity contribution >= 4 is 11.6 Å². The van der Waals surface area contributed by atoms with E-state index >= 15 is 0 Å². The summed E-state index contributed by atoms with van der Waals surface area (Å²) in [6, 6.07) is 8.71. The van der Waals surface area contributed by atoms with E-state index in [1.165, 1.54) is 0 Å². The van der Waals surface area contributed by atoms with E-state index < -0.39 is 11.6 Å². The quantitative estimate of drug-likeness (QED) is 0.605. The summed E-state index contributed by atoms with van der Waals surface area (Å²) in [6.07, 6.45) is 0. The van der Waals surface area contributed by atoms with E-state index in [4.69, 9.17) is 13.5 Å². The molecule has 0 saturated heterocycles. The molecule has 0 saturated carbocycles. The average molecular weight is 158 g/mol. The zero-order chi connectivity index (χ0) is 7.82. The summed E-state index contributed by atoms with van der Waals surface area (Å²) in [5.74, 6) is 0.322. The number of phenols is 1. The fourth-order valence-electron chi connectivity index (χ4n) is 0.428. The Balaban J connectivity index is 0.000000236. The van der Waals surface area contributed by atoms with Crippen molar-refractivity contribution in [3.8, 4) is 5.75 Å². The fraction of sp³-hybridized carbons (Fsp3) is 0. The molecule has 4 heteroatoms. The highest BCUT2D eigenvalue weighted by Crippen LogP contribution is 2.02. The van der Waals surface area contributed by atoms with Crippen LogP contribution in [-0.2, 0) is 11.6 Å². The van der Waals surface area contributed by atoms with Gasteiger partial charge >= 0.3 is 11.6 Å². The summed E-state index contributed by atoms with van der Waals surface area (Å²) >= 11 is -0.750. The van der Waals surface area contributed by atoms with Crippen LogP contribution in [0.25, 0.3) is 0 Å². The monoisotopic (exact) mass is 158 g/mol. The van der Waals surface area contributed by atoms with Gasteiger partial charge in [0, 0.05) is 0 Å². The van der Waals surface area contributed by atoms with Crippen LogP contribution in [0.1, 0.15) is 0 Å². The molecule has 10 heavy (non-hydrogen) atoms. The lowest BCUT2D eigenvalue weighted by atomic mass is 10.3. The van der Waals surface area contributed by atoms with Crippen LogP contribution >= 0.6 is 0 Å². The van der Waals surface area contributed by atoms with Gasteiger partial charge < -0.3 is 5.11 Å². The molecular weight excluding hydrogens is 152 g/mol. The number of hydrogen-bond acceptors (Lipinski definition) is 3.